The Morgan fingerprint density at radius 1 is 1.04 bits per heavy atom. The second-order valence-corrected chi connectivity index (χ2v) is 6.54. The van der Waals surface area contributed by atoms with Crippen molar-refractivity contribution in [2.75, 3.05) is 12.3 Å². The zero-order chi connectivity index (χ0) is 16.8. The van der Waals surface area contributed by atoms with Crippen molar-refractivity contribution < 1.29 is 4.79 Å². The van der Waals surface area contributed by atoms with Gasteiger partial charge in [-0.05, 0) is 41.8 Å². The molecule has 0 spiro atoms. The fraction of sp³-hybridized carbons (Fsp3) is 0.158. The molecule has 0 saturated carbocycles. The minimum atomic E-state index is -0.248. The first-order valence-electron chi connectivity index (χ1n) is 7.82. The highest BCUT2D eigenvalue weighted by atomic mass is 32.2. The van der Waals surface area contributed by atoms with E-state index in [-0.39, 0.29) is 11.5 Å². The highest BCUT2D eigenvalue weighted by molar-refractivity contribution is 7.99. The number of aromatic amines is 1. The molecule has 0 saturated heterocycles. The van der Waals surface area contributed by atoms with Crippen LogP contribution in [0.15, 0.2) is 70.4 Å². The van der Waals surface area contributed by atoms with Crippen LogP contribution in [0.5, 0.6) is 0 Å². The van der Waals surface area contributed by atoms with Crippen LogP contribution < -0.4 is 10.9 Å². The van der Waals surface area contributed by atoms with E-state index >= 15 is 0 Å². The summed E-state index contributed by atoms with van der Waals surface area (Å²) in [7, 11) is 0. The first-order valence-corrected chi connectivity index (χ1v) is 8.81. The normalized spacial score (nSPS) is 10.7. The molecule has 1 amide bonds. The number of H-pyrrole nitrogens is 1. The number of rotatable bonds is 6. The number of hydrogen-bond donors (Lipinski definition) is 2. The summed E-state index contributed by atoms with van der Waals surface area (Å²) in [6, 6.07) is 19.1. The van der Waals surface area contributed by atoms with Crippen LogP contribution in [-0.2, 0) is 0 Å². The molecule has 0 unspecified atom stereocenters. The first-order chi connectivity index (χ1) is 11.7. The van der Waals surface area contributed by atoms with Crippen LogP contribution in [0.25, 0.3) is 10.8 Å². The molecule has 2 aromatic carbocycles. The number of fused-ring (bicyclic) bond motifs is 1. The van der Waals surface area contributed by atoms with Gasteiger partial charge < -0.3 is 10.3 Å². The zero-order valence-electron chi connectivity index (χ0n) is 13.1. The molecule has 0 aliphatic carbocycles. The lowest BCUT2D eigenvalue weighted by atomic mass is 10.1. The second-order valence-electron chi connectivity index (χ2n) is 5.37. The van der Waals surface area contributed by atoms with Gasteiger partial charge in [0.25, 0.3) is 11.5 Å². The first kappa shape index (κ1) is 16.3. The van der Waals surface area contributed by atoms with E-state index in [0.717, 1.165) is 17.6 Å². The molecule has 0 aliphatic rings. The summed E-state index contributed by atoms with van der Waals surface area (Å²) in [5.74, 6) is 0.681. The van der Waals surface area contributed by atoms with Crippen LogP contribution >= 0.6 is 11.8 Å². The van der Waals surface area contributed by atoms with Gasteiger partial charge in [-0.3, -0.25) is 9.59 Å². The quantitative estimate of drug-likeness (QED) is 0.535. The van der Waals surface area contributed by atoms with Gasteiger partial charge in [-0.1, -0.05) is 36.4 Å². The summed E-state index contributed by atoms with van der Waals surface area (Å²) < 4.78 is 0. The van der Waals surface area contributed by atoms with Crippen LogP contribution in [0.4, 0.5) is 0 Å². The lowest BCUT2D eigenvalue weighted by Crippen LogP contribution is -2.27. The van der Waals surface area contributed by atoms with Crippen molar-refractivity contribution >= 4 is 28.4 Å². The van der Waals surface area contributed by atoms with Crippen LogP contribution in [0.2, 0.25) is 0 Å². The monoisotopic (exact) mass is 338 g/mol. The van der Waals surface area contributed by atoms with Crippen molar-refractivity contribution in [3.05, 3.63) is 76.7 Å². The summed E-state index contributed by atoms with van der Waals surface area (Å²) in [6.07, 6.45) is 0.864. The number of hydrogen-bond acceptors (Lipinski definition) is 3. The molecule has 122 valence electrons. The van der Waals surface area contributed by atoms with Crippen molar-refractivity contribution in [3.63, 3.8) is 0 Å². The Hall–Kier alpha value is -2.53. The lowest BCUT2D eigenvalue weighted by Gasteiger charge is -2.06. The van der Waals surface area contributed by atoms with Crippen LogP contribution in [0, 0.1) is 0 Å². The predicted molar refractivity (Wildman–Crippen MR) is 98.7 cm³/mol. The summed E-state index contributed by atoms with van der Waals surface area (Å²) in [5, 5.41) is 4.22. The Morgan fingerprint density at radius 3 is 2.62 bits per heavy atom. The largest absolute Gasteiger partial charge is 0.351 e. The SMILES string of the molecule is O=C(NCCCSc1ccccc1)c1cc2ccccc2c(=O)[nH]1. The van der Waals surface area contributed by atoms with E-state index in [1.165, 1.54) is 4.90 Å². The minimum Gasteiger partial charge on any atom is -0.351 e. The Bertz CT molecular complexity index is 891. The van der Waals surface area contributed by atoms with E-state index in [1.54, 1.807) is 23.9 Å². The van der Waals surface area contributed by atoms with E-state index in [2.05, 4.69) is 22.4 Å². The topological polar surface area (TPSA) is 62.0 Å². The van der Waals surface area contributed by atoms with Crippen molar-refractivity contribution in [2.45, 2.75) is 11.3 Å². The average Bonchev–Trinajstić information content (AvgIpc) is 2.62. The molecular formula is C19H18N2O2S. The van der Waals surface area contributed by atoms with Gasteiger partial charge in [0.2, 0.25) is 0 Å². The van der Waals surface area contributed by atoms with Gasteiger partial charge in [-0.2, -0.15) is 0 Å². The molecule has 0 aliphatic heterocycles. The third kappa shape index (κ3) is 4.06. The maximum atomic E-state index is 12.2. The molecular weight excluding hydrogens is 320 g/mol. The third-order valence-electron chi connectivity index (χ3n) is 3.62. The number of benzene rings is 2. The molecule has 1 heterocycles. The van der Waals surface area contributed by atoms with Gasteiger partial charge in [0.1, 0.15) is 5.69 Å². The van der Waals surface area contributed by atoms with Gasteiger partial charge in [0.15, 0.2) is 0 Å². The maximum Gasteiger partial charge on any atom is 0.267 e. The molecule has 3 rings (SSSR count). The molecule has 0 bridgehead atoms. The average molecular weight is 338 g/mol. The van der Waals surface area contributed by atoms with Gasteiger partial charge in [0.05, 0.1) is 0 Å². The third-order valence-corrected chi connectivity index (χ3v) is 4.71. The highest BCUT2D eigenvalue weighted by Crippen LogP contribution is 2.17. The fourth-order valence-corrected chi connectivity index (χ4v) is 3.28. The van der Waals surface area contributed by atoms with E-state index in [4.69, 9.17) is 0 Å². The number of thioether (sulfide) groups is 1. The predicted octanol–water partition coefficient (Wildman–Crippen LogP) is 3.44. The Kier molecular flexibility index (Phi) is 5.33. The number of pyridine rings is 1. The van der Waals surface area contributed by atoms with E-state index in [0.29, 0.717) is 17.6 Å². The highest BCUT2D eigenvalue weighted by Gasteiger charge is 2.08. The smallest absolute Gasteiger partial charge is 0.267 e. The number of carbonyl (C=O) groups is 1. The number of amides is 1. The summed E-state index contributed by atoms with van der Waals surface area (Å²) in [5.41, 5.74) is 0.0623. The summed E-state index contributed by atoms with van der Waals surface area (Å²) >= 11 is 1.76. The van der Waals surface area contributed by atoms with Gasteiger partial charge in [0, 0.05) is 16.8 Å². The summed E-state index contributed by atoms with van der Waals surface area (Å²) in [6.45, 7) is 0.577. The van der Waals surface area contributed by atoms with E-state index in [9.17, 15) is 9.59 Å². The molecule has 3 aromatic rings. The van der Waals surface area contributed by atoms with Crippen LogP contribution in [0.1, 0.15) is 16.9 Å². The Morgan fingerprint density at radius 2 is 1.79 bits per heavy atom. The van der Waals surface area contributed by atoms with Crippen molar-refractivity contribution in [3.8, 4) is 0 Å². The molecule has 2 N–H and O–H groups in total. The fourth-order valence-electron chi connectivity index (χ4n) is 2.41. The van der Waals surface area contributed by atoms with Crippen LogP contribution in [-0.4, -0.2) is 23.2 Å². The molecule has 5 heteroatoms. The molecule has 0 radical (unpaired) electrons. The van der Waals surface area contributed by atoms with Crippen molar-refractivity contribution in [2.24, 2.45) is 0 Å². The molecule has 1 aromatic heterocycles. The van der Waals surface area contributed by atoms with Gasteiger partial charge >= 0.3 is 0 Å². The Balaban J connectivity index is 1.53. The van der Waals surface area contributed by atoms with Gasteiger partial charge in [-0.15, -0.1) is 11.8 Å². The van der Waals surface area contributed by atoms with E-state index < -0.39 is 0 Å². The van der Waals surface area contributed by atoms with Crippen molar-refractivity contribution in [1.29, 1.82) is 0 Å². The summed E-state index contributed by atoms with van der Waals surface area (Å²) in [4.78, 5) is 28.1. The number of carbonyl (C=O) groups excluding carboxylic acids is 1. The standard InChI is InChI=1S/C19H18N2O2S/c22-18-16-10-5-4-7-14(16)13-17(21-18)19(23)20-11-6-12-24-15-8-2-1-3-9-15/h1-5,7-10,13H,6,11-12H2,(H,20,23)(H,21,22). The minimum absolute atomic E-state index is 0.238. The maximum absolute atomic E-state index is 12.2. The second kappa shape index (κ2) is 7.84. The molecule has 0 fully saturated rings. The molecule has 24 heavy (non-hydrogen) atoms. The van der Waals surface area contributed by atoms with Crippen molar-refractivity contribution in [1.82, 2.24) is 10.3 Å². The lowest BCUT2D eigenvalue weighted by molar-refractivity contribution is 0.0949. The zero-order valence-corrected chi connectivity index (χ0v) is 13.9. The van der Waals surface area contributed by atoms with Crippen LogP contribution in [0.3, 0.4) is 0 Å². The Labute approximate surface area is 144 Å². The number of nitrogens with one attached hydrogen (secondary N) is 2. The molecule has 0 atom stereocenters. The number of aromatic nitrogens is 1. The van der Waals surface area contributed by atoms with Gasteiger partial charge in [-0.25, -0.2) is 0 Å². The van der Waals surface area contributed by atoms with E-state index in [1.807, 2.05) is 36.4 Å². The molecule has 4 nitrogen and oxygen atoms in total.